The molecule has 2 nitrogen and oxygen atoms in total. The lowest BCUT2D eigenvalue weighted by Crippen LogP contribution is -2.20. The normalized spacial score (nSPS) is 25.1. The Kier molecular flexibility index (Phi) is 3.66. The largest absolute Gasteiger partial charge is 0.481 e. The van der Waals surface area contributed by atoms with Gasteiger partial charge in [0.15, 0.2) is 0 Å². The second-order valence-electron chi connectivity index (χ2n) is 5.45. The van der Waals surface area contributed by atoms with Gasteiger partial charge in [-0.2, -0.15) is 0 Å². The van der Waals surface area contributed by atoms with Crippen molar-refractivity contribution in [2.24, 2.45) is 17.8 Å². The Labute approximate surface area is 92.1 Å². The van der Waals surface area contributed by atoms with E-state index < -0.39 is 5.97 Å². The molecule has 2 saturated carbocycles. The molecule has 0 saturated heterocycles. The molecule has 0 radical (unpaired) electrons. The molecule has 0 aromatic heterocycles. The molecule has 2 fully saturated rings. The van der Waals surface area contributed by atoms with Crippen LogP contribution in [0.3, 0.4) is 0 Å². The smallest absolute Gasteiger partial charge is 0.306 e. The van der Waals surface area contributed by atoms with Gasteiger partial charge in [-0.3, -0.25) is 4.79 Å². The molecule has 2 heteroatoms. The molecule has 1 unspecified atom stereocenters. The molecule has 86 valence electrons. The summed E-state index contributed by atoms with van der Waals surface area (Å²) in [7, 11) is 0. The Morgan fingerprint density at radius 2 is 1.53 bits per heavy atom. The van der Waals surface area contributed by atoms with Gasteiger partial charge in [-0.05, 0) is 24.7 Å². The number of carbonyl (C=O) groups is 1. The molecule has 2 aliphatic carbocycles. The molecular formula is C13H22O2. The van der Waals surface area contributed by atoms with Crippen molar-refractivity contribution in [1.82, 2.24) is 0 Å². The second-order valence-corrected chi connectivity index (χ2v) is 5.45. The number of carboxylic acids is 1. The topological polar surface area (TPSA) is 37.3 Å². The van der Waals surface area contributed by atoms with Crippen LogP contribution in [0.2, 0.25) is 0 Å². The van der Waals surface area contributed by atoms with E-state index in [4.69, 9.17) is 0 Å². The maximum atomic E-state index is 11.1. The van der Waals surface area contributed by atoms with Crippen LogP contribution >= 0.6 is 0 Å². The van der Waals surface area contributed by atoms with Gasteiger partial charge < -0.3 is 5.11 Å². The molecule has 2 rings (SSSR count). The fourth-order valence-electron chi connectivity index (χ4n) is 2.88. The first-order valence-corrected chi connectivity index (χ1v) is 6.48. The predicted octanol–water partition coefficient (Wildman–Crippen LogP) is 3.46. The van der Waals surface area contributed by atoms with Crippen LogP contribution < -0.4 is 0 Å². The predicted molar refractivity (Wildman–Crippen MR) is 59.7 cm³/mol. The van der Waals surface area contributed by atoms with Crippen LogP contribution in [0.1, 0.15) is 57.8 Å². The zero-order valence-electron chi connectivity index (χ0n) is 9.45. The molecule has 0 aliphatic heterocycles. The summed E-state index contributed by atoms with van der Waals surface area (Å²) in [6.45, 7) is 0. The third kappa shape index (κ3) is 3.51. The van der Waals surface area contributed by atoms with Crippen LogP contribution in [0, 0.1) is 17.8 Å². The first-order chi connectivity index (χ1) is 7.25. The van der Waals surface area contributed by atoms with Crippen LogP contribution in [-0.2, 0) is 4.79 Å². The number of hydrogen-bond donors (Lipinski definition) is 1. The maximum absolute atomic E-state index is 11.1. The van der Waals surface area contributed by atoms with E-state index in [1.165, 1.54) is 44.9 Å². The first kappa shape index (κ1) is 11.0. The molecule has 0 heterocycles. The highest BCUT2D eigenvalue weighted by atomic mass is 16.4. The summed E-state index contributed by atoms with van der Waals surface area (Å²) in [4.78, 5) is 11.1. The number of rotatable bonds is 5. The van der Waals surface area contributed by atoms with E-state index in [0.29, 0.717) is 5.92 Å². The van der Waals surface area contributed by atoms with Crippen molar-refractivity contribution < 1.29 is 9.90 Å². The molecule has 1 atom stereocenters. The number of aliphatic carboxylic acids is 1. The summed E-state index contributed by atoms with van der Waals surface area (Å²) in [5, 5.41) is 9.18. The van der Waals surface area contributed by atoms with Gasteiger partial charge in [0.25, 0.3) is 0 Å². The summed E-state index contributed by atoms with van der Waals surface area (Å²) in [6, 6.07) is 0. The SMILES string of the molecule is O=C(O)C(CC1CCCCC1)CC1CC1. The fourth-order valence-corrected chi connectivity index (χ4v) is 2.88. The summed E-state index contributed by atoms with van der Waals surface area (Å²) >= 11 is 0. The molecule has 2 aliphatic rings. The Balaban J connectivity index is 1.78. The van der Waals surface area contributed by atoms with Gasteiger partial charge in [-0.15, -0.1) is 0 Å². The average molecular weight is 210 g/mol. The molecule has 0 aromatic carbocycles. The Morgan fingerprint density at radius 1 is 1.00 bits per heavy atom. The Hall–Kier alpha value is -0.530. The van der Waals surface area contributed by atoms with Crippen LogP contribution in [-0.4, -0.2) is 11.1 Å². The van der Waals surface area contributed by atoms with Crippen LogP contribution in [0.15, 0.2) is 0 Å². The summed E-state index contributed by atoms with van der Waals surface area (Å²) < 4.78 is 0. The van der Waals surface area contributed by atoms with Crippen molar-refractivity contribution in [3.63, 3.8) is 0 Å². The van der Waals surface area contributed by atoms with Gasteiger partial charge in [0.1, 0.15) is 0 Å². The van der Waals surface area contributed by atoms with Gasteiger partial charge in [0.05, 0.1) is 5.92 Å². The van der Waals surface area contributed by atoms with Crippen molar-refractivity contribution in [2.45, 2.75) is 57.8 Å². The molecule has 15 heavy (non-hydrogen) atoms. The van der Waals surface area contributed by atoms with E-state index in [0.717, 1.165) is 18.8 Å². The molecule has 0 bridgehead atoms. The minimum absolute atomic E-state index is 0.0411. The van der Waals surface area contributed by atoms with Crippen molar-refractivity contribution in [3.8, 4) is 0 Å². The van der Waals surface area contributed by atoms with E-state index in [9.17, 15) is 9.90 Å². The lowest BCUT2D eigenvalue weighted by Gasteiger charge is -2.24. The molecule has 1 N–H and O–H groups in total. The third-order valence-electron chi connectivity index (χ3n) is 4.01. The minimum atomic E-state index is -0.549. The lowest BCUT2D eigenvalue weighted by molar-refractivity contribution is -0.142. The van der Waals surface area contributed by atoms with Crippen molar-refractivity contribution in [1.29, 1.82) is 0 Å². The lowest BCUT2D eigenvalue weighted by atomic mass is 9.81. The van der Waals surface area contributed by atoms with Gasteiger partial charge in [0.2, 0.25) is 0 Å². The van der Waals surface area contributed by atoms with Crippen LogP contribution in [0.25, 0.3) is 0 Å². The quantitative estimate of drug-likeness (QED) is 0.754. The Bertz CT molecular complexity index is 215. The highest BCUT2D eigenvalue weighted by Crippen LogP contribution is 2.38. The van der Waals surface area contributed by atoms with Gasteiger partial charge >= 0.3 is 5.97 Å². The van der Waals surface area contributed by atoms with Gasteiger partial charge in [-0.25, -0.2) is 0 Å². The molecular weight excluding hydrogens is 188 g/mol. The van der Waals surface area contributed by atoms with E-state index in [-0.39, 0.29) is 5.92 Å². The van der Waals surface area contributed by atoms with E-state index in [2.05, 4.69) is 0 Å². The van der Waals surface area contributed by atoms with Crippen LogP contribution in [0.4, 0.5) is 0 Å². The zero-order valence-corrected chi connectivity index (χ0v) is 9.45. The maximum Gasteiger partial charge on any atom is 0.306 e. The van der Waals surface area contributed by atoms with E-state index >= 15 is 0 Å². The Morgan fingerprint density at radius 3 is 2.00 bits per heavy atom. The van der Waals surface area contributed by atoms with Crippen molar-refractivity contribution >= 4 is 5.97 Å². The van der Waals surface area contributed by atoms with E-state index in [1.54, 1.807) is 0 Å². The first-order valence-electron chi connectivity index (χ1n) is 6.48. The number of carboxylic acid groups (broad SMARTS) is 1. The molecule has 0 amide bonds. The van der Waals surface area contributed by atoms with Gasteiger partial charge in [-0.1, -0.05) is 44.9 Å². The molecule has 0 spiro atoms. The van der Waals surface area contributed by atoms with Gasteiger partial charge in [0, 0.05) is 0 Å². The standard InChI is InChI=1S/C13H22O2/c14-13(15)12(9-11-6-7-11)8-10-4-2-1-3-5-10/h10-12H,1-9H2,(H,14,15). The summed E-state index contributed by atoms with van der Waals surface area (Å²) in [6.07, 6.45) is 11.0. The van der Waals surface area contributed by atoms with Crippen molar-refractivity contribution in [3.05, 3.63) is 0 Å². The van der Waals surface area contributed by atoms with Crippen LogP contribution in [0.5, 0.6) is 0 Å². The van der Waals surface area contributed by atoms with E-state index in [1.807, 2.05) is 0 Å². The highest BCUT2D eigenvalue weighted by Gasteiger charge is 2.31. The summed E-state index contributed by atoms with van der Waals surface area (Å²) in [5.41, 5.74) is 0. The highest BCUT2D eigenvalue weighted by molar-refractivity contribution is 5.70. The average Bonchev–Trinajstić information content (AvgIpc) is 3.02. The second kappa shape index (κ2) is 5.00. The zero-order chi connectivity index (χ0) is 10.7. The molecule has 0 aromatic rings. The minimum Gasteiger partial charge on any atom is -0.481 e. The third-order valence-corrected chi connectivity index (χ3v) is 4.01. The fraction of sp³-hybridized carbons (Fsp3) is 0.923. The summed E-state index contributed by atoms with van der Waals surface area (Å²) in [5.74, 6) is 0.862. The van der Waals surface area contributed by atoms with Crippen molar-refractivity contribution in [2.75, 3.05) is 0 Å². The number of hydrogen-bond acceptors (Lipinski definition) is 1. The monoisotopic (exact) mass is 210 g/mol.